The van der Waals surface area contributed by atoms with Crippen molar-refractivity contribution in [2.75, 3.05) is 13.1 Å². The number of likely N-dealkylation sites (tertiary alicyclic amines) is 1. The van der Waals surface area contributed by atoms with E-state index >= 15 is 0 Å². The molecule has 0 atom stereocenters. The molecule has 1 fully saturated rings. The third-order valence-corrected chi connectivity index (χ3v) is 4.55. The van der Waals surface area contributed by atoms with Crippen LogP contribution in [-0.2, 0) is 11.2 Å². The molecule has 108 valence electrons. The smallest absolute Gasteiger partial charge is 0.226 e. The van der Waals surface area contributed by atoms with Gasteiger partial charge in [0.1, 0.15) is 5.82 Å². The van der Waals surface area contributed by atoms with E-state index in [4.69, 9.17) is 18.0 Å². The van der Waals surface area contributed by atoms with Crippen molar-refractivity contribution in [2.24, 2.45) is 11.1 Å². The Balaban J connectivity index is 1.94. The van der Waals surface area contributed by atoms with Gasteiger partial charge < -0.3 is 10.6 Å². The molecule has 5 heteroatoms. The summed E-state index contributed by atoms with van der Waals surface area (Å²) in [6, 6.07) is 6.17. The molecule has 0 saturated carbocycles. The van der Waals surface area contributed by atoms with Crippen LogP contribution in [0, 0.1) is 11.2 Å². The molecule has 0 radical (unpaired) electrons. The number of hydrogen-bond donors (Lipinski definition) is 1. The molecule has 1 aliphatic heterocycles. The molecule has 2 rings (SSSR count). The molecule has 1 aliphatic rings. The number of carbonyl (C=O) groups excluding carboxylic acids is 1. The van der Waals surface area contributed by atoms with Crippen molar-refractivity contribution < 1.29 is 9.18 Å². The van der Waals surface area contributed by atoms with Crippen molar-refractivity contribution in [3.05, 3.63) is 35.6 Å². The van der Waals surface area contributed by atoms with E-state index in [2.05, 4.69) is 0 Å². The molecular formula is C15H19FN2OS. The van der Waals surface area contributed by atoms with Gasteiger partial charge in [-0.25, -0.2) is 4.39 Å². The van der Waals surface area contributed by atoms with Gasteiger partial charge in [0, 0.05) is 18.5 Å². The summed E-state index contributed by atoms with van der Waals surface area (Å²) in [6.45, 7) is 3.35. The topological polar surface area (TPSA) is 46.3 Å². The third-order valence-electron chi connectivity index (χ3n) is 4.06. The van der Waals surface area contributed by atoms with Gasteiger partial charge >= 0.3 is 0 Å². The second-order valence-corrected chi connectivity index (χ2v) is 6.05. The molecule has 1 amide bonds. The number of piperidine rings is 1. The first kappa shape index (κ1) is 14.9. The summed E-state index contributed by atoms with van der Waals surface area (Å²) in [7, 11) is 0. The molecule has 1 heterocycles. The molecule has 0 aliphatic carbocycles. The first-order chi connectivity index (χ1) is 9.40. The van der Waals surface area contributed by atoms with Gasteiger partial charge in [-0.1, -0.05) is 31.3 Å². The van der Waals surface area contributed by atoms with Crippen LogP contribution >= 0.6 is 12.2 Å². The van der Waals surface area contributed by atoms with E-state index in [1.54, 1.807) is 12.1 Å². The minimum Gasteiger partial charge on any atom is -0.393 e. The molecule has 0 spiro atoms. The number of rotatable bonds is 3. The average Bonchev–Trinajstić information content (AvgIpc) is 2.39. The van der Waals surface area contributed by atoms with Gasteiger partial charge in [-0.2, -0.15) is 0 Å². The van der Waals surface area contributed by atoms with Gasteiger partial charge in [0.2, 0.25) is 5.91 Å². The standard InChI is InChI=1S/C15H19FN2OS/c1-15(14(17)20)5-7-18(8-6-15)13(19)10-11-3-2-4-12(16)9-11/h2-4,9H,5-8,10H2,1H3,(H2,17,20). The van der Waals surface area contributed by atoms with Gasteiger partial charge in [0.25, 0.3) is 0 Å². The second-order valence-electron chi connectivity index (χ2n) is 5.61. The summed E-state index contributed by atoms with van der Waals surface area (Å²) in [4.78, 5) is 14.5. The van der Waals surface area contributed by atoms with Crippen molar-refractivity contribution >= 4 is 23.1 Å². The summed E-state index contributed by atoms with van der Waals surface area (Å²) in [5, 5.41) is 0. The molecule has 2 N–H and O–H groups in total. The van der Waals surface area contributed by atoms with Crippen molar-refractivity contribution in [2.45, 2.75) is 26.2 Å². The van der Waals surface area contributed by atoms with Crippen LogP contribution in [-0.4, -0.2) is 28.9 Å². The lowest BCUT2D eigenvalue weighted by molar-refractivity contribution is -0.132. The highest BCUT2D eigenvalue weighted by molar-refractivity contribution is 7.80. The summed E-state index contributed by atoms with van der Waals surface area (Å²) in [5.74, 6) is -0.282. The summed E-state index contributed by atoms with van der Waals surface area (Å²) < 4.78 is 13.1. The van der Waals surface area contributed by atoms with E-state index in [-0.39, 0.29) is 23.6 Å². The number of nitrogens with zero attached hydrogens (tertiary/aromatic N) is 1. The normalized spacial score (nSPS) is 17.8. The predicted molar refractivity (Wildman–Crippen MR) is 80.8 cm³/mol. The number of hydrogen-bond acceptors (Lipinski definition) is 2. The van der Waals surface area contributed by atoms with Crippen LogP contribution in [0.4, 0.5) is 4.39 Å². The van der Waals surface area contributed by atoms with Crippen LogP contribution in [0.2, 0.25) is 0 Å². The average molecular weight is 294 g/mol. The molecule has 0 aromatic heterocycles. The lowest BCUT2D eigenvalue weighted by Crippen LogP contribution is -2.47. The SMILES string of the molecule is CC1(C(N)=S)CCN(C(=O)Cc2cccc(F)c2)CC1. The number of thiocarbonyl (C=S) groups is 1. The first-order valence-corrected chi connectivity index (χ1v) is 7.14. The van der Waals surface area contributed by atoms with E-state index in [1.165, 1.54) is 12.1 Å². The van der Waals surface area contributed by atoms with Crippen LogP contribution in [0.25, 0.3) is 0 Å². The Bertz CT molecular complexity index is 524. The Morgan fingerprint density at radius 1 is 1.45 bits per heavy atom. The molecule has 1 saturated heterocycles. The monoisotopic (exact) mass is 294 g/mol. The fourth-order valence-corrected chi connectivity index (χ4v) is 2.63. The number of halogens is 1. The fourth-order valence-electron chi connectivity index (χ4n) is 2.43. The van der Waals surface area contributed by atoms with Crippen molar-refractivity contribution in [1.82, 2.24) is 4.90 Å². The van der Waals surface area contributed by atoms with Crippen molar-refractivity contribution in [3.8, 4) is 0 Å². The maximum absolute atomic E-state index is 13.1. The number of benzene rings is 1. The van der Waals surface area contributed by atoms with Crippen LogP contribution in [0.15, 0.2) is 24.3 Å². The minimum absolute atomic E-state index is 0.0283. The summed E-state index contributed by atoms with van der Waals surface area (Å²) in [6.07, 6.45) is 1.82. The Labute approximate surface area is 123 Å². The maximum Gasteiger partial charge on any atom is 0.226 e. The van der Waals surface area contributed by atoms with Crippen LogP contribution in [0.5, 0.6) is 0 Å². The summed E-state index contributed by atoms with van der Waals surface area (Å²) >= 11 is 5.09. The Hall–Kier alpha value is -1.49. The van der Waals surface area contributed by atoms with Crippen molar-refractivity contribution in [1.29, 1.82) is 0 Å². The molecule has 0 unspecified atom stereocenters. The van der Waals surface area contributed by atoms with Gasteiger partial charge in [0.15, 0.2) is 0 Å². The Morgan fingerprint density at radius 3 is 2.65 bits per heavy atom. The van der Waals surface area contributed by atoms with Crippen LogP contribution in [0.1, 0.15) is 25.3 Å². The van der Waals surface area contributed by atoms with Crippen LogP contribution < -0.4 is 5.73 Å². The predicted octanol–water partition coefficient (Wildman–Crippen LogP) is 2.28. The highest BCUT2D eigenvalue weighted by Crippen LogP contribution is 2.31. The fraction of sp³-hybridized carbons (Fsp3) is 0.467. The maximum atomic E-state index is 13.1. The molecule has 1 aromatic carbocycles. The van der Waals surface area contributed by atoms with Crippen molar-refractivity contribution in [3.63, 3.8) is 0 Å². The van der Waals surface area contributed by atoms with E-state index < -0.39 is 0 Å². The van der Waals surface area contributed by atoms with E-state index in [0.29, 0.717) is 23.6 Å². The zero-order chi connectivity index (χ0) is 14.8. The highest BCUT2D eigenvalue weighted by atomic mass is 32.1. The zero-order valence-corrected chi connectivity index (χ0v) is 12.4. The highest BCUT2D eigenvalue weighted by Gasteiger charge is 2.34. The van der Waals surface area contributed by atoms with Gasteiger partial charge in [0.05, 0.1) is 11.4 Å². The lowest BCUT2D eigenvalue weighted by Gasteiger charge is -2.38. The molecule has 0 bridgehead atoms. The zero-order valence-electron chi connectivity index (χ0n) is 11.6. The van der Waals surface area contributed by atoms with Gasteiger partial charge in [-0.15, -0.1) is 0 Å². The minimum atomic E-state index is -0.310. The van der Waals surface area contributed by atoms with Crippen LogP contribution in [0.3, 0.4) is 0 Å². The largest absolute Gasteiger partial charge is 0.393 e. The van der Waals surface area contributed by atoms with Gasteiger partial charge in [-0.3, -0.25) is 4.79 Å². The van der Waals surface area contributed by atoms with E-state index in [0.717, 1.165) is 12.8 Å². The first-order valence-electron chi connectivity index (χ1n) is 6.73. The molecule has 3 nitrogen and oxygen atoms in total. The molecule has 1 aromatic rings. The van der Waals surface area contributed by atoms with E-state index in [1.807, 2.05) is 11.8 Å². The second kappa shape index (κ2) is 5.87. The Morgan fingerprint density at radius 2 is 2.10 bits per heavy atom. The number of carbonyl (C=O) groups is 1. The third kappa shape index (κ3) is 3.33. The molecule has 20 heavy (non-hydrogen) atoms. The quantitative estimate of drug-likeness (QED) is 0.870. The number of amides is 1. The van der Waals surface area contributed by atoms with E-state index in [9.17, 15) is 9.18 Å². The van der Waals surface area contributed by atoms with Gasteiger partial charge in [-0.05, 0) is 30.5 Å². The Kier molecular flexibility index (Phi) is 4.38. The summed E-state index contributed by atoms with van der Waals surface area (Å²) in [5.41, 5.74) is 6.31. The molecular weight excluding hydrogens is 275 g/mol. The lowest BCUT2D eigenvalue weighted by atomic mass is 9.80. The number of nitrogens with two attached hydrogens (primary N) is 1.